The zero-order valence-electron chi connectivity index (χ0n) is 22.8. The lowest BCUT2D eigenvalue weighted by Gasteiger charge is -2.35. The minimum absolute atomic E-state index is 0.0630. The summed E-state index contributed by atoms with van der Waals surface area (Å²) in [5, 5.41) is 19.1. The minimum Gasteiger partial charge on any atom is -0.491 e. The van der Waals surface area contributed by atoms with E-state index in [1.54, 1.807) is 6.07 Å². The highest BCUT2D eigenvalue weighted by atomic mass is 35.5. The molecule has 2 aromatic carbocycles. The van der Waals surface area contributed by atoms with Gasteiger partial charge in [0, 0.05) is 48.5 Å². The molecule has 4 rings (SSSR count). The fraction of sp³-hybridized carbons (Fsp3) is 0.448. The van der Waals surface area contributed by atoms with Crippen molar-refractivity contribution in [2.75, 3.05) is 45.9 Å². The molecule has 0 radical (unpaired) electrons. The van der Waals surface area contributed by atoms with E-state index < -0.39 is 6.10 Å². The molecule has 1 aliphatic heterocycles. The summed E-state index contributed by atoms with van der Waals surface area (Å²) in [5.74, 6) is 0.556. The lowest BCUT2D eigenvalue weighted by Crippen LogP contribution is -2.51. The van der Waals surface area contributed by atoms with Crippen molar-refractivity contribution in [3.05, 3.63) is 75.8 Å². The number of carbonyl (C=O) groups excluding carboxylic acids is 1. The molecule has 8 nitrogen and oxygen atoms in total. The number of carbonyl (C=O) groups is 1. The maximum absolute atomic E-state index is 13.0. The van der Waals surface area contributed by atoms with Crippen LogP contribution in [0.1, 0.15) is 25.2 Å². The molecule has 1 saturated heterocycles. The van der Waals surface area contributed by atoms with Crippen LogP contribution in [0.15, 0.2) is 48.5 Å². The smallest absolute Gasteiger partial charge is 0.234 e. The Morgan fingerprint density at radius 2 is 1.70 bits per heavy atom. The van der Waals surface area contributed by atoms with E-state index in [0.717, 1.165) is 49.7 Å². The van der Waals surface area contributed by atoms with Crippen molar-refractivity contribution >= 4 is 29.1 Å². The molecule has 1 aromatic heterocycles. The molecular formula is C29H36Cl2FN5O3. The van der Waals surface area contributed by atoms with E-state index in [0.29, 0.717) is 41.3 Å². The van der Waals surface area contributed by atoms with Gasteiger partial charge in [-0.05, 0) is 60.9 Å². The number of amides is 1. The highest BCUT2D eigenvalue weighted by Crippen LogP contribution is 2.24. The molecule has 216 valence electrons. The van der Waals surface area contributed by atoms with Crippen LogP contribution in [0.5, 0.6) is 5.75 Å². The lowest BCUT2D eigenvalue weighted by atomic mass is 10.1. The molecule has 0 aliphatic carbocycles. The summed E-state index contributed by atoms with van der Waals surface area (Å²) < 4.78 is 20.4. The van der Waals surface area contributed by atoms with Gasteiger partial charge in [0.1, 0.15) is 24.3 Å². The highest BCUT2D eigenvalue weighted by molar-refractivity contribution is 6.34. The van der Waals surface area contributed by atoms with E-state index in [2.05, 4.69) is 29.0 Å². The SMILES string of the molecule is CC(C)Cc1cc(CNC(=O)CN2CCN(CC(O)COc3ccc(F)cc3)CC2)nn1-c1cc(Cl)cc(Cl)c1. The van der Waals surface area contributed by atoms with Crippen LogP contribution in [-0.4, -0.2) is 82.6 Å². The van der Waals surface area contributed by atoms with Crippen LogP contribution >= 0.6 is 23.2 Å². The standard InChI is InChI=1S/C29H36Cl2FN5O3/c1-20(2)11-25-15-24(34-37(25)26-13-21(30)12-22(31)14-26)16-33-29(39)18-36-9-7-35(8-10-36)17-27(38)19-40-28-5-3-23(32)4-6-28/h3-6,12-15,20,27,38H,7-11,16-19H2,1-2H3,(H,33,39). The molecular weight excluding hydrogens is 556 g/mol. The largest absolute Gasteiger partial charge is 0.491 e. The van der Waals surface area contributed by atoms with Gasteiger partial charge < -0.3 is 15.2 Å². The number of aliphatic hydroxyl groups excluding tert-OH is 1. The number of piperazine rings is 1. The number of aliphatic hydroxyl groups is 1. The maximum atomic E-state index is 13.0. The maximum Gasteiger partial charge on any atom is 0.234 e. The first kappa shape index (κ1) is 30.3. The molecule has 1 fully saturated rings. The van der Waals surface area contributed by atoms with Gasteiger partial charge in [-0.2, -0.15) is 5.10 Å². The monoisotopic (exact) mass is 591 g/mol. The lowest BCUT2D eigenvalue weighted by molar-refractivity contribution is -0.122. The average Bonchev–Trinajstić information content (AvgIpc) is 3.30. The van der Waals surface area contributed by atoms with Crippen LogP contribution in [0.3, 0.4) is 0 Å². The van der Waals surface area contributed by atoms with E-state index in [1.165, 1.54) is 24.3 Å². The Morgan fingerprint density at radius 3 is 2.35 bits per heavy atom. The van der Waals surface area contributed by atoms with E-state index >= 15 is 0 Å². The summed E-state index contributed by atoms with van der Waals surface area (Å²) in [6, 6.07) is 13.1. The van der Waals surface area contributed by atoms with Gasteiger partial charge in [-0.1, -0.05) is 37.0 Å². The van der Waals surface area contributed by atoms with E-state index in [9.17, 15) is 14.3 Å². The summed E-state index contributed by atoms with van der Waals surface area (Å²) in [4.78, 5) is 16.9. The van der Waals surface area contributed by atoms with Crippen molar-refractivity contribution in [2.45, 2.75) is 32.9 Å². The fourth-order valence-corrected chi connectivity index (χ4v) is 5.18. The predicted octanol–water partition coefficient (Wildman–Crippen LogP) is 4.19. The Hall–Kier alpha value is -2.69. The predicted molar refractivity (Wildman–Crippen MR) is 155 cm³/mol. The number of nitrogens with one attached hydrogen (secondary N) is 1. The van der Waals surface area contributed by atoms with Crippen LogP contribution in [0.4, 0.5) is 4.39 Å². The van der Waals surface area contributed by atoms with Crippen molar-refractivity contribution in [3.8, 4) is 11.4 Å². The van der Waals surface area contributed by atoms with E-state index in [1.807, 2.05) is 22.9 Å². The number of rotatable bonds is 12. The van der Waals surface area contributed by atoms with Gasteiger partial charge in [-0.3, -0.25) is 14.6 Å². The zero-order chi connectivity index (χ0) is 28.6. The van der Waals surface area contributed by atoms with Gasteiger partial charge in [-0.15, -0.1) is 0 Å². The van der Waals surface area contributed by atoms with Crippen molar-refractivity contribution < 1.29 is 19.0 Å². The van der Waals surface area contributed by atoms with E-state index in [-0.39, 0.29) is 18.3 Å². The molecule has 2 heterocycles. The highest BCUT2D eigenvalue weighted by Gasteiger charge is 2.21. The van der Waals surface area contributed by atoms with Crippen molar-refractivity contribution in [3.63, 3.8) is 0 Å². The quantitative estimate of drug-likeness (QED) is 0.329. The second kappa shape index (κ2) is 14.3. The summed E-state index contributed by atoms with van der Waals surface area (Å²) in [7, 11) is 0. The molecule has 40 heavy (non-hydrogen) atoms. The van der Waals surface area contributed by atoms with Gasteiger partial charge in [0.05, 0.1) is 24.5 Å². The van der Waals surface area contributed by atoms with Gasteiger partial charge in [0.2, 0.25) is 5.91 Å². The van der Waals surface area contributed by atoms with Crippen LogP contribution < -0.4 is 10.1 Å². The molecule has 3 aromatic rings. The number of nitrogens with zero attached hydrogens (tertiary/aromatic N) is 4. The van der Waals surface area contributed by atoms with Crippen LogP contribution in [0, 0.1) is 11.7 Å². The van der Waals surface area contributed by atoms with Crippen molar-refractivity contribution in [1.82, 2.24) is 24.9 Å². The Kier molecular flexibility index (Phi) is 10.8. The molecule has 0 spiro atoms. The number of hydrogen-bond donors (Lipinski definition) is 2. The third-order valence-corrected chi connectivity index (χ3v) is 7.00. The first-order valence-corrected chi connectivity index (χ1v) is 14.2. The zero-order valence-corrected chi connectivity index (χ0v) is 24.3. The Labute approximate surface area is 244 Å². The summed E-state index contributed by atoms with van der Waals surface area (Å²) in [6.07, 6.45) is 0.158. The number of benzene rings is 2. The summed E-state index contributed by atoms with van der Waals surface area (Å²) in [5.41, 5.74) is 2.58. The van der Waals surface area contributed by atoms with Crippen molar-refractivity contribution in [2.24, 2.45) is 5.92 Å². The minimum atomic E-state index is -0.664. The number of ether oxygens (including phenoxy) is 1. The molecule has 0 saturated carbocycles. The Balaban J connectivity index is 1.21. The third-order valence-electron chi connectivity index (χ3n) is 6.57. The van der Waals surface area contributed by atoms with Gasteiger partial charge in [0.25, 0.3) is 0 Å². The molecule has 1 amide bonds. The second-order valence-electron chi connectivity index (χ2n) is 10.5. The van der Waals surface area contributed by atoms with E-state index in [4.69, 9.17) is 33.0 Å². The topological polar surface area (TPSA) is 82.9 Å². The van der Waals surface area contributed by atoms with Crippen LogP contribution in [0.2, 0.25) is 10.0 Å². The number of β-amino-alcohol motifs (C(OH)–C–C–N with tert-alkyl or cyclic N) is 1. The molecule has 0 bridgehead atoms. The summed E-state index contributed by atoms with van der Waals surface area (Å²) in [6.45, 7) is 8.45. The third kappa shape index (κ3) is 9.17. The second-order valence-corrected chi connectivity index (χ2v) is 11.4. The normalized spacial score (nSPS) is 15.4. The summed E-state index contributed by atoms with van der Waals surface area (Å²) >= 11 is 12.4. The van der Waals surface area contributed by atoms with Crippen LogP contribution in [0.25, 0.3) is 5.69 Å². The Morgan fingerprint density at radius 1 is 1.05 bits per heavy atom. The first-order chi connectivity index (χ1) is 19.1. The van der Waals surface area contributed by atoms with Gasteiger partial charge in [0.15, 0.2) is 0 Å². The fourth-order valence-electron chi connectivity index (χ4n) is 4.66. The molecule has 2 N–H and O–H groups in total. The Bertz CT molecular complexity index is 1240. The first-order valence-electron chi connectivity index (χ1n) is 13.5. The number of hydrogen-bond acceptors (Lipinski definition) is 6. The molecule has 11 heteroatoms. The molecule has 1 unspecified atom stereocenters. The molecule has 1 atom stereocenters. The van der Waals surface area contributed by atoms with Crippen molar-refractivity contribution in [1.29, 1.82) is 0 Å². The van der Waals surface area contributed by atoms with Crippen LogP contribution in [-0.2, 0) is 17.8 Å². The molecule has 1 aliphatic rings. The van der Waals surface area contributed by atoms with Gasteiger partial charge >= 0.3 is 0 Å². The number of halogens is 3. The average molecular weight is 593 g/mol. The number of aromatic nitrogens is 2. The van der Waals surface area contributed by atoms with Gasteiger partial charge in [-0.25, -0.2) is 9.07 Å².